The maximum absolute atomic E-state index is 10.7. The maximum Gasteiger partial charge on any atom is 0.309 e. The second-order valence-corrected chi connectivity index (χ2v) is 6.32. The zero-order valence-electron chi connectivity index (χ0n) is 13.2. The van der Waals surface area contributed by atoms with Crippen LogP contribution in [0, 0.1) is 6.92 Å². The molecule has 24 heavy (non-hydrogen) atoms. The van der Waals surface area contributed by atoms with E-state index >= 15 is 0 Å². The van der Waals surface area contributed by atoms with Gasteiger partial charge in [-0.1, -0.05) is 42.5 Å². The monoisotopic (exact) mass is 339 g/mol. The number of aryl methyl sites for hydroxylation is 1. The van der Waals surface area contributed by atoms with Gasteiger partial charge in [-0.25, -0.2) is 4.98 Å². The van der Waals surface area contributed by atoms with Crippen LogP contribution in [0.3, 0.4) is 0 Å². The highest BCUT2D eigenvalue weighted by Crippen LogP contribution is 2.25. The van der Waals surface area contributed by atoms with Crippen LogP contribution in [0.1, 0.15) is 16.8 Å². The van der Waals surface area contributed by atoms with Gasteiger partial charge in [0, 0.05) is 10.9 Å². The first kappa shape index (κ1) is 16.2. The van der Waals surface area contributed by atoms with E-state index in [9.17, 15) is 4.79 Å². The van der Waals surface area contributed by atoms with Crippen LogP contribution in [0.25, 0.3) is 10.6 Å². The number of thiazole rings is 1. The van der Waals surface area contributed by atoms with Crippen molar-refractivity contribution in [2.45, 2.75) is 20.0 Å². The predicted octanol–water partition coefficient (Wildman–Crippen LogP) is 4.32. The number of carboxylic acids is 1. The van der Waals surface area contributed by atoms with Gasteiger partial charge < -0.3 is 9.84 Å². The molecule has 0 aliphatic heterocycles. The van der Waals surface area contributed by atoms with Crippen molar-refractivity contribution in [3.8, 4) is 16.3 Å². The van der Waals surface area contributed by atoms with Gasteiger partial charge >= 0.3 is 5.97 Å². The second-order valence-electron chi connectivity index (χ2n) is 5.47. The number of ether oxygens (including phenoxy) is 1. The van der Waals surface area contributed by atoms with Crippen molar-refractivity contribution >= 4 is 17.3 Å². The SMILES string of the molecule is Cc1ccccc1OCc1ccc(-c2nc(CC(=O)O)cs2)cc1. The first-order chi connectivity index (χ1) is 11.6. The molecule has 2 aromatic carbocycles. The van der Waals surface area contributed by atoms with E-state index < -0.39 is 5.97 Å². The molecule has 3 rings (SSSR count). The Labute approximate surface area is 144 Å². The van der Waals surface area contributed by atoms with Gasteiger partial charge in [-0.3, -0.25) is 4.79 Å². The van der Waals surface area contributed by atoms with Gasteiger partial charge in [-0.05, 0) is 24.1 Å². The van der Waals surface area contributed by atoms with Crippen molar-refractivity contribution in [1.82, 2.24) is 4.98 Å². The highest BCUT2D eigenvalue weighted by molar-refractivity contribution is 7.13. The minimum Gasteiger partial charge on any atom is -0.489 e. The van der Waals surface area contributed by atoms with Crippen LogP contribution in [0.2, 0.25) is 0 Å². The van der Waals surface area contributed by atoms with Crippen LogP contribution in [0.4, 0.5) is 0 Å². The number of aliphatic carboxylic acids is 1. The molecular formula is C19H17NO3S. The Bertz CT molecular complexity index is 840. The average molecular weight is 339 g/mol. The zero-order valence-corrected chi connectivity index (χ0v) is 14.0. The molecular weight excluding hydrogens is 322 g/mol. The lowest BCUT2D eigenvalue weighted by atomic mass is 10.1. The minimum absolute atomic E-state index is 0.0428. The summed E-state index contributed by atoms with van der Waals surface area (Å²) in [5.41, 5.74) is 3.76. The maximum atomic E-state index is 10.7. The molecule has 1 aromatic heterocycles. The van der Waals surface area contributed by atoms with E-state index in [4.69, 9.17) is 9.84 Å². The molecule has 5 heteroatoms. The number of para-hydroxylation sites is 1. The van der Waals surface area contributed by atoms with Crippen molar-refractivity contribution in [2.75, 3.05) is 0 Å². The third-order valence-electron chi connectivity index (χ3n) is 3.57. The van der Waals surface area contributed by atoms with Crippen LogP contribution < -0.4 is 4.74 Å². The lowest BCUT2D eigenvalue weighted by Gasteiger charge is -2.09. The van der Waals surface area contributed by atoms with Crippen molar-refractivity contribution < 1.29 is 14.6 Å². The Kier molecular flexibility index (Phi) is 4.91. The summed E-state index contributed by atoms with van der Waals surface area (Å²) in [6, 6.07) is 15.9. The molecule has 0 amide bonds. The molecule has 0 bridgehead atoms. The summed E-state index contributed by atoms with van der Waals surface area (Å²) in [5.74, 6) is 0.0235. The number of carboxylic acid groups (broad SMARTS) is 1. The van der Waals surface area contributed by atoms with E-state index in [1.807, 2.05) is 55.5 Å². The number of carbonyl (C=O) groups is 1. The van der Waals surface area contributed by atoms with Gasteiger partial charge in [0.05, 0.1) is 12.1 Å². The largest absolute Gasteiger partial charge is 0.489 e. The smallest absolute Gasteiger partial charge is 0.309 e. The van der Waals surface area contributed by atoms with Gasteiger partial charge in [-0.15, -0.1) is 11.3 Å². The molecule has 0 aliphatic rings. The third kappa shape index (κ3) is 4.00. The molecule has 4 nitrogen and oxygen atoms in total. The van der Waals surface area contributed by atoms with Gasteiger partial charge in [0.25, 0.3) is 0 Å². The zero-order chi connectivity index (χ0) is 16.9. The molecule has 1 heterocycles. The molecule has 0 atom stereocenters. The molecule has 0 saturated carbocycles. The van der Waals surface area contributed by atoms with E-state index in [1.54, 1.807) is 5.38 Å². The number of rotatable bonds is 6. The molecule has 1 N–H and O–H groups in total. The fourth-order valence-electron chi connectivity index (χ4n) is 2.30. The van der Waals surface area contributed by atoms with Crippen molar-refractivity contribution in [2.24, 2.45) is 0 Å². The Morgan fingerprint density at radius 1 is 1.17 bits per heavy atom. The summed E-state index contributed by atoms with van der Waals surface area (Å²) < 4.78 is 5.84. The molecule has 0 radical (unpaired) electrons. The van der Waals surface area contributed by atoms with E-state index in [0.29, 0.717) is 12.3 Å². The summed E-state index contributed by atoms with van der Waals surface area (Å²) in [5, 5.41) is 11.4. The first-order valence-electron chi connectivity index (χ1n) is 7.56. The summed E-state index contributed by atoms with van der Waals surface area (Å²) in [7, 11) is 0. The molecule has 3 aromatic rings. The van der Waals surface area contributed by atoms with E-state index in [0.717, 1.165) is 27.4 Å². The Morgan fingerprint density at radius 3 is 2.62 bits per heavy atom. The van der Waals surface area contributed by atoms with Gasteiger partial charge in [0.2, 0.25) is 0 Å². The van der Waals surface area contributed by atoms with Crippen LogP contribution in [-0.4, -0.2) is 16.1 Å². The fourth-order valence-corrected chi connectivity index (χ4v) is 3.12. The van der Waals surface area contributed by atoms with Gasteiger partial charge in [0.1, 0.15) is 17.4 Å². The number of nitrogens with zero attached hydrogens (tertiary/aromatic N) is 1. The quantitative estimate of drug-likeness (QED) is 0.726. The topological polar surface area (TPSA) is 59.4 Å². The minimum atomic E-state index is -0.865. The molecule has 0 unspecified atom stereocenters. The summed E-state index contributed by atoms with van der Waals surface area (Å²) in [4.78, 5) is 15.1. The summed E-state index contributed by atoms with van der Waals surface area (Å²) in [6.07, 6.45) is -0.0428. The first-order valence-corrected chi connectivity index (χ1v) is 8.44. The number of hydrogen-bond donors (Lipinski definition) is 1. The standard InChI is InChI=1S/C19H17NO3S/c1-13-4-2-3-5-17(13)23-11-14-6-8-15(9-7-14)19-20-16(12-24-19)10-18(21)22/h2-9,12H,10-11H2,1H3,(H,21,22). The van der Waals surface area contributed by atoms with Crippen LogP contribution in [0.15, 0.2) is 53.9 Å². The van der Waals surface area contributed by atoms with Gasteiger partial charge in [0.15, 0.2) is 0 Å². The lowest BCUT2D eigenvalue weighted by Crippen LogP contribution is -1.99. The normalized spacial score (nSPS) is 10.5. The van der Waals surface area contributed by atoms with Crippen molar-refractivity contribution in [3.63, 3.8) is 0 Å². The lowest BCUT2D eigenvalue weighted by molar-refractivity contribution is -0.136. The van der Waals surface area contributed by atoms with E-state index in [2.05, 4.69) is 4.98 Å². The number of aromatic nitrogens is 1. The molecule has 122 valence electrons. The second kappa shape index (κ2) is 7.27. The predicted molar refractivity (Wildman–Crippen MR) is 94.4 cm³/mol. The molecule has 0 saturated heterocycles. The third-order valence-corrected chi connectivity index (χ3v) is 4.51. The highest BCUT2D eigenvalue weighted by Gasteiger charge is 2.08. The van der Waals surface area contributed by atoms with Gasteiger partial charge in [-0.2, -0.15) is 0 Å². The average Bonchev–Trinajstić information content (AvgIpc) is 3.02. The Balaban J connectivity index is 1.66. The van der Waals surface area contributed by atoms with Crippen molar-refractivity contribution in [3.05, 3.63) is 70.7 Å². The highest BCUT2D eigenvalue weighted by atomic mass is 32.1. The van der Waals surface area contributed by atoms with Crippen molar-refractivity contribution in [1.29, 1.82) is 0 Å². The summed E-state index contributed by atoms with van der Waals surface area (Å²) in [6.45, 7) is 2.53. The molecule has 0 fully saturated rings. The fraction of sp³-hybridized carbons (Fsp3) is 0.158. The molecule has 0 aliphatic carbocycles. The number of benzene rings is 2. The van der Waals surface area contributed by atoms with E-state index in [1.165, 1.54) is 11.3 Å². The van der Waals surface area contributed by atoms with Crippen LogP contribution in [-0.2, 0) is 17.8 Å². The Morgan fingerprint density at radius 2 is 1.92 bits per heavy atom. The van der Waals surface area contributed by atoms with Crippen LogP contribution >= 0.6 is 11.3 Å². The summed E-state index contributed by atoms with van der Waals surface area (Å²) >= 11 is 1.46. The van der Waals surface area contributed by atoms with Crippen LogP contribution in [0.5, 0.6) is 5.75 Å². The van der Waals surface area contributed by atoms with E-state index in [-0.39, 0.29) is 6.42 Å². The molecule has 0 spiro atoms. The number of hydrogen-bond acceptors (Lipinski definition) is 4. The Hall–Kier alpha value is -2.66.